The van der Waals surface area contributed by atoms with Gasteiger partial charge in [0.15, 0.2) is 4.80 Å². The fraction of sp³-hybridized carbons (Fsp3) is 0.118. The fourth-order valence-corrected chi connectivity index (χ4v) is 4.14. The van der Waals surface area contributed by atoms with Crippen LogP contribution in [0.15, 0.2) is 41.4 Å². The van der Waals surface area contributed by atoms with Gasteiger partial charge in [0.25, 0.3) is 5.91 Å². The average Bonchev–Trinajstić information content (AvgIpc) is 2.91. The van der Waals surface area contributed by atoms with E-state index in [2.05, 4.69) is 4.99 Å². The molecule has 1 aromatic heterocycles. The second kappa shape index (κ2) is 7.57. The summed E-state index contributed by atoms with van der Waals surface area (Å²) in [7, 11) is 1.25. The number of hydrogen-bond acceptors (Lipinski definition) is 4. The summed E-state index contributed by atoms with van der Waals surface area (Å²) in [4.78, 5) is 28.4. The van der Waals surface area contributed by atoms with E-state index < -0.39 is 17.7 Å². The lowest BCUT2D eigenvalue weighted by Crippen LogP contribution is -2.22. The van der Waals surface area contributed by atoms with Crippen LogP contribution in [-0.2, 0) is 16.1 Å². The third-order valence-electron chi connectivity index (χ3n) is 3.48. The van der Waals surface area contributed by atoms with Gasteiger partial charge in [-0.3, -0.25) is 9.59 Å². The molecule has 0 saturated carbocycles. The summed E-state index contributed by atoms with van der Waals surface area (Å²) in [6, 6.07) is 8.39. The number of fused-ring (bicyclic) bond motifs is 1. The molecule has 0 fully saturated rings. The molecule has 0 aliphatic rings. The van der Waals surface area contributed by atoms with Crippen LogP contribution in [0, 0.1) is 5.82 Å². The van der Waals surface area contributed by atoms with Crippen LogP contribution in [0.4, 0.5) is 4.39 Å². The Hall–Kier alpha value is -2.22. The summed E-state index contributed by atoms with van der Waals surface area (Å²) in [6.07, 6.45) is 0. The maximum absolute atomic E-state index is 13.3. The molecule has 5 nitrogen and oxygen atoms in total. The van der Waals surface area contributed by atoms with Gasteiger partial charge in [0.2, 0.25) is 0 Å². The van der Waals surface area contributed by atoms with E-state index in [1.54, 1.807) is 6.07 Å². The number of aromatic nitrogens is 1. The van der Waals surface area contributed by atoms with E-state index in [1.165, 1.54) is 35.9 Å². The first-order valence-electron chi connectivity index (χ1n) is 7.29. The predicted molar refractivity (Wildman–Crippen MR) is 98.1 cm³/mol. The Morgan fingerprint density at radius 1 is 1.27 bits per heavy atom. The van der Waals surface area contributed by atoms with E-state index in [0.717, 1.165) is 17.4 Å². The van der Waals surface area contributed by atoms with Gasteiger partial charge >= 0.3 is 5.97 Å². The third-order valence-corrected chi connectivity index (χ3v) is 5.01. The van der Waals surface area contributed by atoms with Gasteiger partial charge < -0.3 is 9.30 Å². The van der Waals surface area contributed by atoms with Crippen molar-refractivity contribution in [2.75, 3.05) is 7.11 Å². The summed E-state index contributed by atoms with van der Waals surface area (Å²) in [5, 5.41) is 0.726. The van der Waals surface area contributed by atoms with Crippen LogP contribution < -0.4 is 4.80 Å². The minimum absolute atomic E-state index is 0.0937. The zero-order valence-corrected chi connectivity index (χ0v) is 15.7. The number of amides is 1. The van der Waals surface area contributed by atoms with E-state index in [1.807, 2.05) is 0 Å². The lowest BCUT2D eigenvalue weighted by molar-refractivity contribution is -0.141. The highest BCUT2D eigenvalue weighted by atomic mass is 35.5. The minimum Gasteiger partial charge on any atom is -0.468 e. The van der Waals surface area contributed by atoms with Crippen LogP contribution in [0.1, 0.15) is 10.4 Å². The summed E-state index contributed by atoms with van der Waals surface area (Å²) in [5.74, 6) is -1.72. The Kier molecular flexibility index (Phi) is 5.41. The number of rotatable bonds is 3. The molecule has 2 aromatic carbocycles. The topological polar surface area (TPSA) is 60.7 Å². The Balaban J connectivity index is 2.20. The number of thiazole rings is 1. The summed E-state index contributed by atoms with van der Waals surface area (Å²) >= 11 is 13.4. The Morgan fingerprint density at radius 3 is 2.73 bits per heavy atom. The smallest absolute Gasteiger partial charge is 0.325 e. The molecule has 0 atom stereocenters. The molecule has 1 heterocycles. The third kappa shape index (κ3) is 3.80. The summed E-state index contributed by atoms with van der Waals surface area (Å²) < 4.78 is 20.2. The molecule has 0 unspecified atom stereocenters. The molecular weight excluding hydrogens is 402 g/mol. The van der Waals surface area contributed by atoms with Gasteiger partial charge in [-0.05, 0) is 30.3 Å². The average molecular weight is 413 g/mol. The van der Waals surface area contributed by atoms with E-state index >= 15 is 0 Å². The van der Waals surface area contributed by atoms with Gasteiger partial charge in [-0.15, -0.1) is 0 Å². The van der Waals surface area contributed by atoms with Crippen molar-refractivity contribution in [2.24, 2.45) is 4.99 Å². The van der Waals surface area contributed by atoms with Crippen molar-refractivity contribution < 1.29 is 18.7 Å². The second-order valence-corrected chi connectivity index (χ2v) is 7.06. The van der Waals surface area contributed by atoms with Gasteiger partial charge in [0, 0.05) is 10.6 Å². The quantitative estimate of drug-likeness (QED) is 0.609. The SMILES string of the molecule is COC(=O)Cn1c(=NC(=O)c2cccc(F)c2)sc2cc(Cl)cc(Cl)c21. The van der Waals surface area contributed by atoms with Crippen molar-refractivity contribution in [1.82, 2.24) is 4.57 Å². The Morgan fingerprint density at radius 2 is 2.04 bits per heavy atom. The number of ether oxygens (including phenoxy) is 1. The molecule has 0 bridgehead atoms. The number of hydrogen-bond donors (Lipinski definition) is 0. The summed E-state index contributed by atoms with van der Waals surface area (Å²) in [5.41, 5.74) is 0.605. The Bertz CT molecular complexity index is 1090. The van der Waals surface area contributed by atoms with Crippen LogP contribution >= 0.6 is 34.5 Å². The van der Waals surface area contributed by atoms with Crippen molar-refractivity contribution in [3.8, 4) is 0 Å². The van der Waals surface area contributed by atoms with Crippen molar-refractivity contribution >= 4 is 56.6 Å². The number of carbonyl (C=O) groups is 2. The van der Waals surface area contributed by atoms with Crippen LogP contribution in [0.5, 0.6) is 0 Å². The largest absolute Gasteiger partial charge is 0.468 e. The molecule has 3 aromatic rings. The fourth-order valence-electron chi connectivity index (χ4n) is 2.33. The number of carbonyl (C=O) groups excluding carboxylic acids is 2. The number of esters is 1. The van der Waals surface area contributed by atoms with Gasteiger partial charge in [-0.25, -0.2) is 4.39 Å². The van der Waals surface area contributed by atoms with E-state index in [4.69, 9.17) is 27.9 Å². The minimum atomic E-state index is -0.642. The molecule has 134 valence electrons. The molecule has 26 heavy (non-hydrogen) atoms. The van der Waals surface area contributed by atoms with Gasteiger partial charge in [0.1, 0.15) is 12.4 Å². The summed E-state index contributed by atoms with van der Waals surface area (Å²) in [6.45, 7) is -0.187. The number of nitrogens with zero attached hydrogens (tertiary/aromatic N) is 2. The first-order valence-corrected chi connectivity index (χ1v) is 8.86. The Labute approximate surface area is 161 Å². The lowest BCUT2D eigenvalue weighted by Gasteiger charge is -2.05. The predicted octanol–water partition coefficient (Wildman–Crippen LogP) is 4.06. The molecule has 0 N–H and O–H groups in total. The zero-order chi connectivity index (χ0) is 18.8. The maximum Gasteiger partial charge on any atom is 0.325 e. The molecule has 3 rings (SSSR count). The molecule has 0 saturated heterocycles. The molecule has 1 amide bonds. The highest BCUT2D eigenvalue weighted by Gasteiger charge is 2.16. The zero-order valence-electron chi connectivity index (χ0n) is 13.3. The highest BCUT2D eigenvalue weighted by Crippen LogP contribution is 2.29. The van der Waals surface area contributed by atoms with Crippen LogP contribution in [0.3, 0.4) is 0 Å². The lowest BCUT2D eigenvalue weighted by atomic mass is 10.2. The van der Waals surface area contributed by atoms with Crippen LogP contribution in [-0.4, -0.2) is 23.6 Å². The normalized spacial score (nSPS) is 11.8. The van der Waals surface area contributed by atoms with E-state index in [-0.39, 0.29) is 16.9 Å². The monoisotopic (exact) mass is 412 g/mol. The first-order chi connectivity index (χ1) is 12.4. The molecular formula is C17H11Cl2FN2O3S. The number of halogens is 3. The molecule has 0 aliphatic carbocycles. The van der Waals surface area contributed by atoms with Crippen molar-refractivity contribution in [3.63, 3.8) is 0 Å². The molecule has 9 heteroatoms. The molecule has 0 radical (unpaired) electrons. The van der Waals surface area contributed by atoms with E-state index in [9.17, 15) is 14.0 Å². The highest BCUT2D eigenvalue weighted by molar-refractivity contribution is 7.16. The van der Waals surface area contributed by atoms with Crippen molar-refractivity contribution in [3.05, 3.63) is 62.6 Å². The van der Waals surface area contributed by atoms with Crippen molar-refractivity contribution in [1.29, 1.82) is 0 Å². The number of methoxy groups -OCH3 is 1. The standard InChI is InChI=1S/C17H11Cl2FN2O3S/c1-25-14(23)8-22-15-12(19)6-10(18)7-13(15)26-17(22)21-16(24)9-3-2-4-11(20)5-9/h2-7H,8H2,1H3. The second-order valence-electron chi connectivity index (χ2n) is 5.21. The maximum atomic E-state index is 13.3. The molecule has 0 spiro atoms. The van der Waals surface area contributed by atoms with Gasteiger partial charge in [-0.1, -0.05) is 40.6 Å². The molecule has 0 aliphatic heterocycles. The number of benzene rings is 2. The first kappa shape index (κ1) is 18.6. The van der Waals surface area contributed by atoms with Crippen LogP contribution in [0.25, 0.3) is 10.2 Å². The van der Waals surface area contributed by atoms with Gasteiger partial charge in [-0.2, -0.15) is 4.99 Å². The van der Waals surface area contributed by atoms with Crippen molar-refractivity contribution in [2.45, 2.75) is 6.54 Å². The van der Waals surface area contributed by atoms with Gasteiger partial charge in [0.05, 0.1) is 22.3 Å². The van der Waals surface area contributed by atoms with E-state index in [0.29, 0.717) is 20.3 Å². The van der Waals surface area contributed by atoms with Crippen LogP contribution in [0.2, 0.25) is 10.0 Å².